The third-order valence-corrected chi connectivity index (χ3v) is 3.28. The number of nitrogens with one attached hydrogen (secondary N) is 1. The van der Waals surface area contributed by atoms with E-state index in [2.05, 4.69) is 5.32 Å². The Morgan fingerprint density at radius 1 is 1.35 bits per heavy atom. The van der Waals surface area contributed by atoms with Gasteiger partial charge in [0.2, 0.25) is 11.8 Å². The fraction of sp³-hybridized carbons (Fsp3) is 0.750. The number of amides is 2. The predicted molar refractivity (Wildman–Crippen MR) is 69.6 cm³/mol. The second kappa shape index (κ2) is 6.67. The van der Waals surface area contributed by atoms with E-state index in [4.69, 9.17) is 10.8 Å². The number of likely N-dealkylation sites (tertiary alicyclic amines) is 1. The summed E-state index contributed by atoms with van der Waals surface area (Å²) in [7, 11) is 0. The SMILES string of the molecule is C[C@H](N)C(=O)N[C@H](C(=O)N1CCC[C@H]1C(=O)O)[C@@H](C)O. The molecule has 5 N–H and O–H groups in total. The lowest BCUT2D eigenvalue weighted by molar-refractivity contribution is -0.150. The average Bonchev–Trinajstić information content (AvgIpc) is 2.83. The van der Waals surface area contributed by atoms with Crippen LogP contribution in [-0.4, -0.2) is 63.7 Å². The van der Waals surface area contributed by atoms with Crippen LogP contribution in [0.25, 0.3) is 0 Å². The number of aliphatic hydroxyl groups is 1. The first-order chi connectivity index (χ1) is 9.25. The number of nitrogens with zero attached hydrogens (tertiary/aromatic N) is 1. The van der Waals surface area contributed by atoms with Crippen molar-refractivity contribution in [1.29, 1.82) is 0 Å². The minimum atomic E-state index is -1.19. The minimum absolute atomic E-state index is 0.299. The van der Waals surface area contributed by atoms with Crippen molar-refractivity contribution in [2.75, 3.05) is 6.54 Å². The molecule has 0 radical (unpaired) electrons. The number of hydrogen-bond acceptors (Lipinski definition) is 5. The van der Waals surface area contributed by atoms with Gasteiger partial charge in [-0.15, -0.1) is 0 Å². The standard InChI is InChI=1S/C12H21N3O5/c1-6(13)10(17)14-9(7(2)16)11(18)15-5-3-4-8(15)12(19)20/h6-9,16H,3-5,13H2,1-2H3,(H,14,17)(H,19,20)/t6-,7+,8-,9-/m0/s1. The van der Waals surface area contributed by atoms with Gasteiger partial charge in [0.15, 0.2) is 0 Å². The van der Waals surface area contributed by atoms with Crippen LogP contribution in [0.15, 0.2) is 0 Å². The van der Waals surface area contributed by atoms with Crippen LogP contribution >= 0.6 is 0 Å². The van der Waals surface area contributed by atoms with Crippen LogP contribution in [0.5, 0.6) is 0 Å². The Morgan fingerprint density at radius 2 is 1.95 bits per heavy atom. The van der Waals surface area contributed by atoms with Gasteiger partial charge in [-0.3, -0.25) is 9.59 Å². The largest absolute Gasteiger partial charge is 0.480 e. The second-order valence-corrected chi connectivity index (χ2v) is 5.04. The van der Waals surface area contributed by atoms with Crippen LogP contribution in [0.2, 0.25) is 0 Å². The summed E-state index contributed by atoms with van der Waals surface area (Å²) in [4.78, 5) is 36.1. The van der Waals surface area contributed by atoms with E-state index in [0.717, 1.165) is 0 Å². The van der Waals surface area contributed by atoms with Crippen molar-refractivity contribution < 1.29 is 24.6 Å². The Bertz CT molecular complexity index is 397. The van der Waals surface area contributed by atoms with Gasteiger partial charge in [0, 0.05) is 6.54 Å². The fourth-order valence-corrected chi connectivity index (χ4v) is 2.14. The quantitative estimate of drug-likeness (QED) is 0.475. The van der Waals surface area contributed by atoms with Crippen LogP contribution < -0.4 is 11.1 Å². The number of carbonyl (C=O) groups is 3. The van der Waals surface area contributed by atoms with Crippen molar-refractivity contribution in [2.45, 2.75) is 50.9 Å². The van der Waals surface area contributed by atoms with E-state index in [1.54, 1.807) is 0 Å². The van der Waals surface area contributed by atoms with E-state index in [0.29, 0.717) is 19.4 Å². The Kier molecular flexibility index (Phi) is 5.46. The van der Waals surface area contributed by atoms with Gasteiger partial charge in [0.05, 0.1) is 12.1 Å². The maximum Gasteiger partial charge on any atom is 0.326 e. The lowest BCUT2D eigenvalue weighted by atomic mass is 10.1. The number of hydrogen-bond donors (Lipinski definition) is 4. The summed E-state index contributed by atoms with van der Waals surface area (Å²) >= 11 is 0. The van der Waals surface area contributed by atoms with Crippen molar-refractivity contribution >= 4 is 17.8 Å². The maximum absolute atomic E-state index is 12.3. The molecule has 114 valence electrons. The molecule has 1 heterocycles. The van der Waals surface area contributed by atoms with Crippen molar-refractivity contribution in [1.82, 2.24) is 10.2 Å². The van der Waals surface area contributed by atoms with Crippen LogP contribution in [-0.2, 0) is 14.4 Å². The number of carboxylic acids is 1. The Labute approximate surface area is 116 Å². The van der Waals surface area contributed by atoms with E-state index in [1.807, 2.05) is 0 Å². The molecular weight excluding hydrogens is 266 g/mol. The van der Waals surface area contributed by atoms with Crippen LogP contribution in [0, 0.1) is 0 Å². The van der Waals surface area contributed by atoms with Gasteiger partial charge >= 0.3 is 5.97 Å². The molecule has 4 atom stereocenters. The number of aliphatic hydroxyl groups excluding tert-OH is 1. The Balaban J connectivity index is 2.83. The minimum Gasteiger partial charge on any atom is -0.480 e. The highest BCUT2D eigenvalue weighted by Gasteiger charge is 2.39. The van der Waals surface area contributed by atoms with E-state index in [-0.39, 0.29) is 0 Å². The van der Waals surface area contributed by atoms with Gasteiger partial charge in [-0.2, -0.15) is 0 Å². The molecule has 0 aliphatic carbocycles. The van der Waals surface area contributed by atoms with E-state index >= 15 is 0 Å². The molecule has 8 heteroatoms. The molecule has 1 rings (SSSR count). The van der Waals surface area contributed by atoms with Gasteiger partial charge in [-0.1, -0.05) is 0 Å². The molecule has 20 heavy (non-hydrogen) atoms. The zero-order chi connectivity index (χ0) is 15.4. The molecule has 0 aromatic heterocycles. The molecule has 0 saturated carbocycles. The Morgan fingerprint density at radius 3 is 2.40 bits per heavy atom. The first-order valence-electron chi connectivity index (χ1n) is 6.53. The highest BCUT2D eigenvalue weighted by Crippen LogP contribution is 2.19. The molecule has 0 aromatic carbocycles. The molecule has 0 unspecified atom stereocenters. The lowest BCUT2D eigenvalue weighted by Crippen LogP contribution is -2.57. The monoisotopic (exact) mass is 287 g/mol. The smallest absolute Gasteiger partial charge is 0.326 e. The summed E-state index contributed by atoms with van der Waals surface area (Å²) in [5.74, 6) is -2.26. The third kappa shape index (κ3) is 3.67. The van der Waals surface area contributed by atoms with Crippen LogP contribution in [0.4, 0.5) is 0 Å². The van der Waals surface area contributed by atoms with Crippen molar-refractivity contribution in [2.24, 2.45) is 5.73 Å². The molecule has 2 amide bonds. The molecule has 0 spiro atoms. The lowest BCUT2D eigenvalue weighted by Gasteiger charge is -2.29. The zero-order valence-corrected chi connectivity index (χ0v) is 11.6. The summed E-state index contributed by atoms with van der Waals surface area (Å²) in [6, 6.07) is -2.91. The van der Waals surface area contributed by atoms with E-state index in [9.17, 15) is 19.5 Å². The highest BCUT2D eigenvalue weighted by molar-refractivity contribution is 5.92. The Hall–Kier alpha value is -1.67. The molecule has 1 saturated heterocycles. The zero-order valence-electron chi connectivity index (χ0n) is 11.6. The summed E-state index contributed by atoms with van der Waals surface area (Å²) < 4.78 is 0. The second-order valence-electron chi connectivity index (χ2n) is 5.04. The molecule has 8 nitrogen and oxygen atoms in total. The number of carbonyl (C=O) groups excluding carboxylic acids is 2. The van der Waals surface area contributed by atoms with Crippen molar-refractivity contribution in [3.63, 3.8) is 0 Å². The maximum atomic E-state index is 12.3. The third-order valence-electron chi connectivity index (χ3n) is 3.28. The first kappa shape index (κ1) is 16.4. The first-order valence-corrected chi connectivity index (χ1v) is 6.53. The van der Waals surface area contributed by atoms with Crippen molar-refractivity contribution in [3.05, 3.63) is 0 Å². The van der Waals surface area contributed by atoms with Gasteiger partial charge < -0.3 is 26.2 Å². The number of rotatable bonds is 5. The van der Waals surface area contributed by atoms with Crippen molar-refractivity contribution in [3.8, 4) is 0 Å². The van der Waals surface area contributed by atoms with Gasteiger partial charge in [0.1, 0.15) is 12.1 Å². The molecule has 0 aromatic rings. The topological polar surface area (TPSA) is 133 Å². The molecule has 1 aliphatic heterocycles. The van der Waals surface area contributed by atoms with E-state index in [1.165, 1.54) is 18.7 Å². The summed E-state index contributed by atoms with van der Waals surface area (Å²) in [6.45, 7) is 3.11. The summed E-state index contributed by atoms with van der Waals surface area (Å²) in [6.07, 6.45) is -0.189. The van der Waals surface area contributed by atoms with Gasteiger partial charge in [-0.25, -0.2) is 4.79 Å². The summed E-state index contributed by atoms with van der Waals surface area (Å²) in [5, 5.41) is 21.1. The van der Waals surface area contributed by atoms with E-state index < -0.39 is 42.0 Å². The molecular formula is C12H21N3O5. The van der Waals surface area contributed by atoms with Gasteiger partial charge in [-0.05, 0) is 26.7 Å². The normalized spacial score (nSPS) is 23.0. The molecule has 1 aliphatic rings. The van der Waals surface area contributed by atoms with Crippen LogP contribution in [0.1, 0.15) is 26.7 Å². The molecule has 1 fully saturated rings. The van der Waals surface area contributed by atoms with Crippen LogP contribution in [0.3, 0.4) is 0 Å². The summed E-state index contributed by atoms with van der Waals surface area (Å²) in [5.41, 5.74) is 5.40. The predicted octanol–water partition coefficient (Wildman–Crippen LogP) is -1.73. The number of carboxylic acid groups (broad SMARTS) is 1. The van der Waals surface area contributed by atoms with Gasteiger partial charge in [0.25, 0.3) is 0 Å². The number of aliphatic carboxylic acids is 1. The average molecular weight is 287 g/mol. The fourth-order valence-electron chi connectivity index (χ4n) is 2.14. The highest BCUT2D eigenvalue weighted by atomic mass is 16.4. The number of nitrogens with two attached hydrogens (primary N) is 1. The molecule has 0 bridgehead atoms.